The highest BCUT2D eigenvalue weighted by molar-refractivity contribution is 9.10. The summed E-state index contributed by atoms with van der Waals surface area (Å²) in [6.45, 7) is 4.27. The molecule has 0 unspecified atom stereocenters. The van der Waals surface area contributed by atoms with Crippen LogP contribution in [0, 0.1) is 6.92 Å². The van der Waals surface area contributed by atoms with Gasteiger partial charge >= 0.3 is 5.97 Å². The number of fused-ring (bicyclic) bond motifs is 1. The number of nitrogens with zero attached hydrogens (tertiary/aromatic N) is 1. The standard InChI is InChI=1S/C19H17BrN2O3/c1-3-8-25-19(24)12-4-6-14(7-5-12)21-17-15-10-13(20)9-11(2)16(15)22-18(17)23/h4-7,9-10H,3,8H2,1-2H3,(H,21,22,23). The number of rotatable bonds is 4. The molecule has 1 heterocycles. The normalized spacial score (nSPS) is 14.4. The molecule has 1 amide bonds. The first-order valence-electron chi connectivity index (χ1n) is 7.97. The first-order valence-corrected chi connectivity index (χ1v) is 8.76. The van der Waals surface area contributed by atoms with E-state index in [9.17, 15) is 9.59 Å². The van der Waals surface area contributed by atoms with Crippen molar-refractivity contribution in [1.82, 2.24) is 0 Å². The fraction of sp³-hybridized carbons (Fsp3) is 0.211. The molecule has 0 aromatic heterocycles. The summed E-state index contributed by atoms with van der Waals surface area (Å²) < 4.78 is 5.99. The van der Waals surface area contributed by atoms with Gasteiger partial charge in [-0.05, 0) is 55.3 Å². The molecule has 25 heavy (non-hydrogen) atoms. The monoisotopic (exact) mass is 400 g/mol. The molecule has 1 N–H and O–H groups in total. The molecule has 1 aliphatic heterocycles. The molecule has 1 aliphatic rings. The van der Waals surface area contributed by atoms with E-state index in [1.54, 1.807) is 24.3 Å². The lowest BCUT2D eigenvalue weighted by molar-refractivity contribution is -0.110. The molecule has 0 atom stereocenters. The molecule has 0 saturated carbocycles. The van der Waals surface area contributed by atoms with Crippen LogP contribution < -0.4 is 5.32 Å². The molecular formula is C19H17BrN2O3. The third-order valence-electron chi connectivity index (χ3n) is 3.79. The van der Waals surface area contributed by atoms with Gasteiger partial charge in [0.25, 0.3) is 5.91 Å². The number of ether oxygens (including phenoxy) is 1. The summed E-state index contributed by atoms with van der Waals surface area (Å²) in [5, 5.41) is 2.85. The van der Waals surface area contributed by atoms with E-state index in [2.05, 4.69) is 26.2 Å². The van der Waals surface area contributed by atoms with Gasteiger partial charge < -0.3 is 10.1 Å². The van der Waals surface area contributed by atoms with Crippen molar-refractivity contribution in [3.05, 3.63) is 57.6 Å². The second-order valence-corrected chi connectivity index (χ2v) is 6.66. The number of nitrogens with one attached hydrogen (secondary N) is 1. The van der Waals surface area contributed by atoms with Crippen LogP contribution >= 0.6 is 15.9 Å². The maximum Gasteiger partial charge on any atom is 0.338 e. The van der Waals surface area contributed by atoms with Gasteiger partial charge in [0, 0.05) is 10.0 Å². The Kier molecular flexibility index (Phi) is 4.99. The SMILES string of the molecule is CCCOC(=O)c1ccc(N=C2C(=O)Nc3c(C)cc(Br)cc32)cc1. The maximum atomic E-state index is 12.3. The number of hydrogen-bond donors (Lipinski definition) is 1. The van der Waals surface area contributed by atoms with E-state index >= 15 is 0 Å². The van der Waals surface area contributed by atoms with Crippen molar-refractivity contribution >= 4 is 44.9 Å². The van der Waals surface area contributed by atoms with Crippen LogP contribution in [0.1, 0.15) is 34.8 Å². The number of amides is 1. The van der Waals surface area contributed by atoms with Crippen LogP contribution in [0.2, 0.25) is 0 Å². The van der Waals surface area contributed by atoms with Gasteiger partial charge in [-0.1, -0.05) is 22.9 Å². The van der Waals surface area contributed by atoms with Crippen molar-refractivity contribution in [3.63, 3.8) is 0 Å². The zero-order chi connectivity index (χ0) is 18.0. The largest absolute Gasteiger partial charge is 0.462 e. The Morgan fingerprint density at radius 3 is 2.64 bits per heavy atom. The smallest absolute Gasteiger partial charge is 0.338 e. The second kappa shape index (κ2) is 7.19. The highest BCUT2D eigenvalue weighted by Crippen LogP contribution is 2.32. The van der Waals surface area contributed by atoms with Crippen molar-refractivity contribution in [1.29, 1.82) is 0 Å². The minimum atomic E-state index is -0.357. The molecule has 0 saturated heterocycles. The van der Waals surface area contributed by atoms with E-state index in [1.165, 1.54) is 0 Å². The Labute approximate surface area is 154 Å². The zero-order valence-corrected chi connectivity index (χ0v) is 15.5. The van der Waals surface area contributed by atoms with E-state index in [4.69, 9.17) is 4.74 Å². The van der Waals surface area contributed by atoms with Gasteiger partial charge in [-0.2, -0.15) is 0 Å². The summed E-state index contributed by atoms with van der Waals surface area (Å²) >= 11 is 3.45. The molecule has 2 aromatic rings. The molecule has 0 aliphatic carbocycles. The molecule has 6 heteroatoms. The van der Waals surface area contributed by atoms with E-state index in [-0.39, 0.29) is 11.9 Å². The summed E-state index contributed by atoms with van der Waals surface area (Å²) in [5.41, 5.74) is 3.95. The summed E-state index contributed by atoms with van der Waals surface area (Å²) in [7, 11) is 0. The van der Waals surface area contributed by atoms with Gasteiger partial charge in [0.15, 0.2) is 0 Å². The van der Waals surface area contributed by atoms with Crippen LogP contribution in [0.5, 0.6) is 0 Å². The average molecular weight is 401 g/mol. The number of esters is 1. The van der Waals surface area contributed by atoms with Crippen molar-refractivity contribution in [3.8, 4) is 0 Å². The Hall–Kier alpha value is -2.47. The molecule has 0 bridgehead atoms. The van der Waals surface area contributed by atoms with Crippen LogP contribution in [0.4, 0.5) is 11.4 Å². The Balaban J connectivity index is 1.89. The highest BCUT2D eigenvalue weighted by Gasteiger charge is 2.27. The fourth-order valence-corrected chi connectivity index (χ4v) is 3.15. The van der Waals surface area contributed by atoms with Gasteiger partial charge in [-0.3, -0.25) is 4.79 Å². The first kappa shape index (κ1) is 17.4. The van der Waals surface area contributed by atoms with Crippen LogP contribution in [-0.2, 0) is 9.53 Å². The lowest BCUT2D eigenvalue weighted by Crippen LogP contribution is -2.14. The predicted octanol–water partition coefficient (Wildman–Crippen LogP) is 4.40. The topological polar surface area (TPSA) is 67.8 Å². The quantitative estimate of drug-likeness (QED) is 0.773. The second-order valence-electron chi connectivity index (χ2n) is 5.74. The minimum absolute atomic E-state index is 0.234. The van der Waals surface area contributed by atoms with Crippen molar-refractivity contribution in [2.45, 2.75) is 20.3 Å². The van der Waals surface area contributed by atoms with Crippen LogP contribution in [0.3, 0.4) is 0 Å². The van der Waals surface area contributed by atoms with Gasteiger partial charge in [0.1, 0.15) is 5.71 Å². The summed E-state index contributed by atoms with van der Waals surface area (Å²) in [4.78, 5) is 28.5. The molecule has 0 fully saturated rings. The van der Waals surface area contributed by atoms with Crippen molar-refractivity contribution < 1.29 is 14.3 Å². The lowest BCUT2D eigenvalue weighted by Gasteiger charge is -2.04. The van der Waals surface area contributed by atoms with Gasteiger partial charge in [-0.25, -0.2) is 9.79 Å². The van der Waals surface area contributed by atoms with Gasteiger partial charge in [0.2, 0.25) is 0 Å². The number of benzene rings is 2. The molecule has 2 aromatic carbocycles. The Bertz CT molecular complexity index is 873. The van der Waals surface area contributed by atoms with Crippen molar-refractivity contribution in [2.75, 3.05) is 11.9 Å². The Morgan fingerprint density at radius 1 is 1.24 bits per heavy atom. The number of hydrogen-bond acceptors (Lipinski definition) is 4. The summed E-state index contributed by atoms with van der Waals surface area (Å²) in [6, 6.07) is 10.5. The average Bonchev–Trinajstić information content (AvgIpc) is 2.90. The molecule has 3 rings (SSSR count). The Morgan fingerprint density at radius 2 is 1.96 bits per heavy atom. The fourth-order valence-electron chi connectivity index (χ4n) is 2.58. The van der Waals surface area contributed by atoms with E-state index in [1.807, 2.05) is 26.0 Å². The van der Waals surface area contributed by atoms with Crippen LogP contribution in [-0.4, -0.2) is 24.2 Å². The number of halogens is 1. The predicted molar refractivity (Wildman–Crippen MR) is 101 cm³/mol. The molecule has 0 radical (unpaired) electrons. The van der Waals surface area contributed by atoms with E-state index in [0.717, 1.165) is 27.7 Å². The lowest BCUT2D eigenvalue weighted by atomic mass is 10.1. The number of carbonyl (C=O) groups is 2. The summed E-state index contributed by atoms with van der Waals surface area (Å²) in [6.07, 6.45) is 0.779. The highest BCUT2D eigenvalue weighted by atomic mass is 79.9. The third-order valence-corrected chi connectivity index (χ3v) is 4.25. The van der Waals surface area contributed by atoms with Crippen molar-refractivity contribution in [2.24, 2.45) is 4.99 Å². The molecular weight excluding hydrogens is 384 g/mol. The van der Waals surface area contributed by atoms with E-state index < -0.39 is 0 Å². The van der Waals surface area contributed by atoms with Gasteiger partial charge in [0.05, 0.1) is 23.5 Å². The van der Waals surface area contributed by atoms with Gasteiger partial charge in [-0.15, -0.1) is 0 Å². The van der Waals surface area contributed by atoms with E-state index in [0.29, 0.717) is 23.6 Å². The van der Waals surface area contributed by atoms with Crippen LogP contribution in [0.15, 0.2) is 45.9 Å². The number of aryl methyl sites for hydroxylation is 1. The minimum Gasteiger partial charge on any atom is -0.462 e. The zero-order valence-electron chi connectivity index (χ0n) is 13.9. The third kappa shape index (κ3) is 3.64. The number of aliphatic imine (C=N–C) groups is 1. The molecule has 5 nitrogen and oxygen atoms in total. The number of carbonyl (C=O) groups excluding carboxylic acids is 2. The maximum absolute atomic E-state index is 12.3. The summed E-state index contributed by atoms with van der Waals surface area (Å²) in [5.74, 6) is -0.591. The molecule has 128 valence electrons. The number of anilines is 1. The first-order chi connectivity index (χ1) is 12.0. The van der Waals surface area contributed by atoms with Crippen LogP contribution in [0.25, 0.3) is 0 Å². The molecule has 0 spiro atoms.